The van der Waals surface area contributed by atoms with Crippen molar-refractivity contribution in [2.75, 3.05) is 0 Å². The van der Waals surface area contributed by atoms with Gasteiger partial charge >= 0.3 is 0 Å². The molecule has 0 unspecified atom stereocenters. The van der Waals surface area contributed by atoms with Crippen molar-refractivity contribution in [2.45, 2.75) is 16.6 Å². The van der Waals surface area contributed by atoms with Crippen LogP contribution < -0.4 is 5.73 Å². The van der Waals surface area contributed by atoms with E-state index in [1.165, 1.54) is 11.8 Å². The van der Waals surface area contributed by atoms with Gasteiger partial charge < -0.3 is 5.73 Å². The maximum atomic E-state index is 5.84. The Bertz CT molecular complexity index is 744. The second-order valence-electron chi connectivity index (χ2n) is 4.26. The molecule has 1 aromatic carbocycles. The monoisotopic (exact) mass is 301 g/mol. The van der Waals surface area contributed by atoms with E-state index in [-0.39, 0.29) is 0 Å². The number of aromatic nitrogens is 2. The number of hydrogen-bond donors (Lipinski definition) is 1. The molecular formula is C15H12ClN3S. The van der Waals surface area contributed by atoms with Gasteiger partial charge in [0, 0.05) is 18.1 Å². The van der Waals surface area contributed by atoms with E-state index >= 15 is 0 Å². The fourth-order valence-corrected chi connectivity index (χ4v) is 2.88. The molecule has 2 aromatic heterocycles. The first-order chi connectivity index (χ1) is 9.76. The molecule has 3 aromatic rings. The van der Waals surface area contributed by atoms with Gasteiger partial charge in [0.2, 0.25) is 0 Å². The number of halogens is 1. The van der Waals surface area contributed by atoms with Gasteiger partial charge in [-0.15, -0.1) is 0 Å². The van der Waals surface area contributed by atoms with Crippen LogP contribution in [0.1, 0.15) is 5.56 Å². The van der Waals surface area contributed by atoms with Crippen LogP contribution in [0.3, 0.4) is 0 Å². The lowest BCUT2D eigenvalue weighted by molar-refractivity contribution is 1.04. The van der Waals surface area contributed by atoms with E-state index in [2.05, 4.69) is 9.97 Å². The maximum Gasteiger partial charge on any atom is 0.103 e. The Morgan fingerprint density at radius 3 is 2.70 bits per heavy atom. The van der Waals surface area contributed by atoms with Crippen LogP contribution in [0.2, 0.25) is 5.02 Å². The van der Waals surface area contributed by atoms with Gasteiger partial charge in [-0.3, -0.25) is 0 Å². The zero-order valence-electron chi connectivity index (χ0n) is 10.6. The molecule has 0 saturated carbocycles. The molecule has 0 saturated heterocycles. The minimum atomic E-state index is 0.491. The summed E-state index contributed by atoms with van der Waals surface area (Å²) in [6.45, 7) is 0.491. The second kappa shape index (κ2) is 5.79. The van der Waals surface area contributed by atoms with Gasteiger partial charge in [-0.05, 0) is 29.8 Å². The SMILES string of the molecule is NCc1cc(Sc2ccc(Cl)cn2)nc2ccccc12. The van der Waals surface area contributed by atoms with Gasteiger partial charge in [0.05, 0.1) is 10.5 Å². The van der Waals surface area contributed by atoms with Crippen LogP contribution in [0.5, 0.6) is 0 Å². The molecule has 0 radical (unpaired) electrons. The standard InChI is InChI=1S/C15H12ClN3S/c16-11-5-6-14(18-9-11)20-15-7-10(8-17)12-3-1-2-4-13(12)19-15/h1-7,9H,8,17H2. The van der Waals surface area contributed by atoms with Gasteiger partial charge in [-0.25, -0.2) is 9.97 Å². The van der Waals surface area contributed by atoms with Gasteiger partial charge in [0.1, 0.15) is 10.1 Å². The van der Waals surface area contributed by atoms with Crippen LogP contribution in [0.4, 0.5) is 0 Å². The Balaban J connectivity index is 2.01. The quantitative estimate of drug-likeness (QED) is 0.797. The topological polar surface area (TPSA) is 51.8 Å². The first-order valence-electron chi connectivity index (χ1n) is 6.14. The number of nitrogens with zero attached hydrogens (tertiary/aromatic N) is 2. The summed E-state index contributed by atoms with van der Waals surface area (Å²) in [4.78, 5) is 8.90. The number of rotatable bonds is 3. The highest BCUT2D eigenvalue weighted by molar-refractivity contribution is 7.99. The lowest BCUT2D eigenvalue weighted by Gasteiger charge is -2.07. The van der Waals surface area contributed by atoms with E-state index in [0.29, 0.717) is 11.6 Å². The van der Waals surface area contributed by atoms with E-state index in [9.17, 15) is 0 Å². The Morgan fingerprint density at radius 1 is 1.10 bits per heavy atom. The minimum Gasteiger partial charge on any atom is -0.326 e. The summed E-state index contributed by atoms with van der Waals surface area (Å²) < 4.78 is 0. The number of para-hydroxylation sites is 1. The Kier molecular flexibility index (Phi) is 3.87. The van der Waals surface area contributed by atoms with E-state index in [1.54, 1.807) is 6.20 Å². The average Bonchev–Trinajstić information content (AvgIpc) is 2.49. The minimum absolute atomic E-state index is 0.491. The highest BCUT2D eigenvalue weighted by Crippen LogP contribution is 2.28. The van der Waals surface area contributed by atoms with Crippen LogP contribution in [0, 0.1) is 0 Å². The van der Waals surface area contributed by atoms with Crippen molar-refractivity contribution < 1.29 is 0 Å². The molecule has 3 nitrogen and oxygen atoms in total. The van der Waals surface area contributed by atoms with E-state index < -0.39 is 0 Å². The molecule has 100 valence electrons. The van der Waals surface area contributed by atoms with Crippen LogP contribution in [0.15, 0.2) is 58.7 Å². The van der Waals surface area contributed by atoms with Gasteiger partial charge in [-0.2, -0.15) is 0 Å². The van der Waals surface area contributed by atoms with E-state index in [0.717, 1.165) is 26.5 Å². The average molecular weight is 302 g/mol. The molecule has 0 fully saturated rings. The predicted molar refractivity (Wildman–Crippen MR) is 83.0 cm³/mol. The van der Waals surface area contributed by atoms with Gasteiger partial charge in [0.15, 0.2) is 0 Å². The Hall–Kier alpha value is -1.62. The third-order valence-corrected chi connectivity index (χ3v) is 4.00. The molecule has 5 heteroatoms. The second-order valence-corrected chi connectivity index (χ2v) is 5.73. The van der Waals surface area contributed by atoms with Crippen molar-refractivity contribution in [1.82, 2.24) is 9.97 Å². The first kappa shape index (κ1) is 13.4. The molecular weight excluding hydrogens is 290 g/mol. The van der Waals surface area contributed by atoms with Crippen molar-refractivity contribution in [3.05, 3.63) is 59.2 Å². The lowest BCUT2D eigenvalue weighted by Crippen LogP contribution is -1.99. The number of nitrogens with two attached hydrogens (primary N) is 1. The zero-order valence-corrected chi connectivity index (χ0v) is 12.2. The Labute approximate surface area is 126 Å². The van der Waals surface area contributed by atoms with Crippen molar-refractivity contribution in [1.29, 1.82) is 0 Å². The highest BCUT2D eigenvalue weighted by Gasteiger charge is 2.06. The Morgan fingerprint density at radius 2 is 1.95 bits per heavy atom. The number of pyridine rings is 2. The van der Waals surface area contributed by atoms with Crippen molar-refractivity contribution in [3.63, 3.8) is 0 Å². The maximum absolute atomic E-state index is 5.84. The summed E-state index contributed by atoms with van der Waals surface area (Å²) in [5.74, 6) is 0. The largest absolute Gasteiger partial charge is 0.326 e. The fourth-order valence-electron chi connectivity index (χ4n) is 1.97. The van der Waals surface area contributed by atoms with Crippen LogP contribution in [0.25, 0.3) is 10.9 Å². The predicted octanol–water partition coefficient (Wildman–Crippen LogP) is 3.89. The molecule has 20 heavy (non-hydrogen) atoms. The molecule has 0 aliphatic carbocycles. The van der Waals surface area contributed by atoms with Crippen LogP contribution in [-0.4, -0.2) is 9.97 Å². The molecule has 2 heterocycles. The third kappa shape index (κ3) is 2.77. The highest BCUT2D eigenvalue weighted by atomic mass is 35.5. The summed E-state index contributed by atoms with van der Waals surface area (Å²) in [7, 11) is 0. The van der Waals surface area contributed by atoms with Gasteiger partial charge in [0.25, 0.3) is 0 Å². The van der Waals surface area contributed by atoms with Crippen molar-refractivity contribution in [2.24, 2.45) is 5.73 Å². The van der Waals surface area contributed by atoms with E-state index in [1.807, 2.05) is 42.5 Å². The molecule has 0 atom stereocenters. The summed E-state index contributed by atoms with van der Waals surface area (Å²) in [6.07, 6.45) is 1.63. The summed E-state index contributed by atoms with van der Waals surface area (Å²) in [5.41, 5.74) is 7.87. The summed E-state index contributed by atoms with van der Waals surface area (Å²) in [6, 6.07) is 13.7. The third-order valence-electron chi connectivity index (χ3n) is 2.91. The van der Waals surface area contributed by atoms with Crippen LogP contribution >= 0.6 is 23.4 Å². The molecule has 2 N–H and O–H groups in total. The van der Waals surface area contributed by atoms with Crippen molar-refractivity contribution in [3.8, 4) is 0 Å². The molecule has 3 rings (SSSR count). The normalized spacial score (nSPS) is 10.9. The molecule has 0 bridgehead atoms. The molecule has 0 amide bonds. The molecule has 0 aliphatic heterocycles. The zero-order chi connectivity index (χ0) is 13.9. The summed E-state index contributed by atoms with van der Waals surface area (Å²) >= 11 is 7.34. The molecule has 0 aliphatic rings. The fraction of sp³-hybridized carbons (Fsp3) is 0.0667. The number of hydrogen-bond acceptors (Lipinski definition) is 4. The number of fused-ring (bicyclic) bond motifs is 1. The lowest BCUT2D eigenvalue weighted by atomic mass is 10.1. The summed E-state index contributed by atoms with van der Waals surface area (Å²) in [5, 5.41) is 3.48. The van der Waals surface area contributed by atoms with Crippen LogP contribution in [-0.2, 0) is 6.54 Å². The van der Waals surface area contributed by atoms with Gasteiger partial charge in [-0.1, -0.05) is 41.6 Å². The van der Waals surface area contributed by atoms with E-state index in [4.69, 9.17) is 17.3 Å². The number of benzene rings is 1. The molecule has 0 spiro atoms. The van der Waals surface area contributed by atoms with Crippen molar-refractivity contribution >= 4 is 34.3 Å². The first-order valence-corrected chi connectivity index (χ1v) is 7.34. The smallest absolute Gasteiger partial charge is 0.103 e.